The van der Waals surface area contributed by atoms with Crippen LogP contribution in [0.4, 0.5) is 0 Å². The van der Waals surface area contributed by atoms with Gasteiger partial charge in [-0.2, -0.15) is 19.2 Å². The molecule has 0 atom stereocenters. The largest absolute Gasteiger partial charge is 0.508 e. The topological polar surface area (TPSA) is 178 Å². The second-order valence-electron chi connectivity index (χ2n) is 14.5. The maximum atomic E-state index is 11.7. The molecular formula is C52H49NO10. The van der Waals surface area contributed by atoms with Crippen LogP contribution in [0, 0.1) is 18.8 Å². The van der Waals surface area contributed by atoms with Crippen molar-refractivity contribution in [3.05, 3.63) is 172 Å². The molecule has 0 bridgehead atoms. The van der Waals surface area contributed by atoms with Crippen molar-refractivity contribution < 1.29 is 37.9 Å². The van der Waals surface area contributed by atoms with Gasteiger partial charge in [-0.15, -0.1) is 0 Å². The number of fused-ring (bicyclic) bond motifs is 4. The molecule has 11 nitrogen and oxygen atoms in total. The lowest BCUT2D eigenvalue weighted by Crippen LogP contribution is -2.09. The van der Waals surface area contributed by atoms with Crippen LogP contribution in [0.3, 0.4) is 0 Å². The minimum Gasteiger partial charge on any atom is -0.508 e. The lowest BCUT2D eigenvalue weighted by Gasteiger charge is -2.15. The average Bonchev–Trinajstić information content (AvgIpc) is 3.26. The zero-order valence-electron chi connectivity index (χ0n) is 36.2. The minimum atomic E-state index is -0.102. The van der Waals surface area contributed by atoms with Crippen LogP contribution in [0.25, 0.3) is 66.8 Å². The van der Waals surface area contributed by atoms with Gasteiger partial charge in [0.2, 0.25) is 0 Å². The van der Waals surface area contributed by atoms with Gasteiger partial charge in [0.1, 0.15) is 34.2 Å². The highest BCUT2D eigenvalue weighted by Crippen LogP contribution is 2.41. The molecule has 2 aliphatic carbocycles. The minimum absolute atomic E-state index is 0.0396. The Bertz CT molecular complexity index is 2700. The summed E-state index contributed by atoms with van der Waals surface area (Å²) in [6.45, 7) is 15.4. The Morgan fingerprint density at radius 2 is 1.00 bits per heavy atom. The molecule has 322 valence electrons. The van der Waals surface area contributed by atoms with Crippen LogP contribution in [0.2, 0.25) is 0 Å². The standard InChI is InChI=1S/C20H14O2.C19H12O3.C6H13N.C5H10O.2CO2/c1-13-7-9-16-18(11-13)22-19-12-15(21)8-10-17(19)20(16)14-5-3-2-4-6-14;20-13-6-8-15-17(10-13)22-18-11-14(21)7-9-16(18)19(15)12-4-2-1-3-5-12;1-5(2)6(3)7-4;1-4(2)5(3)6;2*2-1-3/h2-12H,1H3;1-11,20H;5,7H,3H2,1-2,4H3;4H,1-3H3;;. The molecule has 4 aromatic carbocycles. The Morgan fingerprint density at radius 1 is 0.603 bits per heavy atom. The van der Waals surface area contributed by atoms with Crippen molar-refractivity contribution in [1.82, 2.24) is 5.32 Å². The number of hydrogen-bond acceptors (Lipinski definition) is 11. The Hall–Kier alpha value is -7.97. The number of Topliss-reactive ketones (excluding diaryl/α,β-unsaturated/α-hetero) is 1. The first-order valence-corrected chi connectivity index (χ1v) is 19.7. The van der Waals surface area contributed by atoms with E-state index in [-0.39, 0.29) is 40.6 Å². The van der Waals surface area contributed by atoms with E-state index in [1.165, 1.54) is 12.1 Å². The van der Waals surface area contributed by atoms with Crippen molar-refractivity contribution in [3.63, 3.8) is 0 Å². The molecule has 8 rings (SSSR count). The van der Waals surface area contributed by atoms with Crippen molar-refractivity contribution >= 4 is 40.0 Å². The number of nitrogens with one attached hydrogen (secondary N) is 1. The molecule has 63 heavy (non-hydrogen) atoms. The van der Waals surface area contributed by atoms with E-state index in [0.29, 0.717) is 23.0 Å². The summed E-state index contributed by atoms with van der Waals surface area (Å²) in [7, 11) is 1.89. The fourth-order valence-corrected chi connectivity index (χ4v) is 5.96. The van der Waals surface area contributed by atoms with Crippen molar-refractivity contribution in [2.75, 3.05) is 7.05 Å². The highest BCUT2D eigenvalue weighted by molar-refractivity contribution is 6.03. The third-order valence-corrected chi connectivity index (χ3v) is 9.48. The first kappa shape index (κ1) is 49.4. The fraction of sp³-hybridized carbons (Fsp3) is 0.173. The molecule has 2 heterocycles. The van der Waals surface area contributed by atoms with Crippen LogP contribution in [0.1, 0.15) is 40.2 Å². The van der Waals surface area contributed by atoms with E-state index in [2.05, 4.69) is 50.0 Å². The second-order valence-corrected chi connectivity index (χ2v) is 14.5. The molecular weight excluding hydrogens is 799 g/mol. The predicted octanol–water partition coefficient (Wildman–Crippen LogP) is 10.6. The van der Waals surface area contributed by atoms with Crippen molar-refractivity contribution in [2.45, 2.75) is 41.5 Å². The number of phenols is 1. The Balaban J connectivity index is 0.000000241. The summed E-state index contributed by atoms with van der Waals surface area (Å²) in [4.78, 5) is 65.9. The van der Waals surface area contributed by atoms with Crippen molar-refractivity contribution in [2.24, 2.45) is 11.8 Å². The Labute approximate surface area is 365 Å². The molecule has 0 spiro atoms. The van der Waals surface area contributed by atoms with Gasteiger partial charge in [-0.1, -0.05) is 107 Å². The fourth-order valence-electron chi connectivity index (χ4n) is 5.96. The third-order valence-electron chi connectivity index (χ3n) is 9.48. The molecule has 4 aromatic rings. The van der Waals surface area contributed by atoms with E-state index in [0.717, 1.165) is 61.0 Å². The molecule has 0 saturated carbocycles. The molecule has 0 fully saturated rings. The average molecular weight is 848 g/mol. The summed E-state index contributed by atoms with van der Waals surface area (Å²) in [5.74, 6) is 2.31. The zero-order valence-corrected chi connectivity index (χ0v) is 36.2. The van der Waals surface area contributed by atoms with Gasteiger partial charge in [-0.25, -0.2) is 0 Å². The van der Waals surface area contributed by atoms with Crippen LogP contribution < -0.4 is 16.2 Å². The van der Waals surface area contributed by atoms with Crippen LogP contribution >= 0.6 is 0 Å². The van der Waals surface area contributed by atoms with E-state index in [1.54, 1.807) is 37.3 Å². The first-order valence-electron chi connectivity index (χ1n) is 19.7. The van der Waals surface area contributed by atoms with E-state index in [1.807, 2.05) is 94.5 Å². The van der Waals surface area contributed by atoms with E-state index >= 15 is 0 Å². The number of rotatable bonds is 5. The maximum Gasteiger partial charge on any atom is 0.373 e. The summed E-state index contributed by atoms with van der Waals surface area (Å²) < 4.78 is 11.8. The number of allylic oxidation sites excluding steroid dienone is 1. The zero-order chi connectivity index (χ0) is 46.6. The maximum absolute atomic E-state index is 11.7. The number of aromatic hydroxyl groups is 1. The number of benzene rings is 6. The normalized spacial score (nSPS) is 9.92. The van der Waals surface area contributed by atoms with Gasteiger partial charge >= 0.3 is 12.3 Å². The summed E-state index contributed by atoms with van der Waals surface area (Å²) in [5.41, 5.74) is 9.55. The van der Waals surface area contributed by atoms with E-state index < -0.39 is 0 Å². The molecule has 2 aliphatic heterocycles. The highest BCUT2D eigenvalue weighted by Gasteiger charge is 2.18. The van der Waals surface area contributed by atoms with Gasteiger partial charge in [0.05, 0.1) is 0 Å². The predicted molar refractivity (Wildman–Crippen MR) is 244 cm³/mol. The van der Waals surface area contributed by atoms with Crippen LogP contribution in [-0.2, 0) is 24.0 Å². The SMILES string of the molecule is C=C(NC)C(C)C.CC(=O)C(C)C.Cc1ccc2c(-c3ccccc3)c3ccc(=O)cc-3oc2c1.O=C=O.O=C=O.O=c1ccc2c(-c3ccccc3)c3ccc(O)cc3oc-2c1. The first-order chi connectivity index (χ1) is 30.1. The quantitative estimate of drug-likeness (QED) is 0.157. The van der Waals surface area contributed by atoms with Crippen molar-refractivity contribution in [1.29, 1.82) is 0 Å². The van der Waals surface area contributed by atoms with E-state index in [4.69, 9.17) is 28.0 Å². The number of ketones is 1. The third kappa shape index (κ3) is 14.1. The van der Waals surface area contributed by atoms with Gasteiger partial charge in [-0.3, -0.25) is 14.4 Å². The summed E-state index contributed by atoms with van der Waals surface area (Å²) in [5, 5.41) is 14.6. The molecule has 0 amide bonds. The van der Waals surface area contributed by atoms with Gasteiger partial charge in [0, 0.05) is 69.9 Å². The molecule has 0 saturated heterocycles. The number of aryl methyl sites for hydroxylation is 1. The van der Waals surface area contributed by atoms with Crippen LogP contribution in [0.15, 0.2) is 164 Å². The smallest absolute Gasteiger partial charge is 0.373 e. The highest BCUT2D eigenvalue weighted by atomic mass is 16.3. The summed E-state index contributed by atoms with van der Waals surface area (Å²) >= 11 is 0. The van der Waals surface area contributed by atoms with Gasteiger partial charge < -0.3 is 19.3 Å². The monoisotopic (exact) mass is 847 g/mol. The molecule has 0 radical (unpaired) electrons. The molecule has 0 unspecified atom stereocenters. The number of carbonyl (C=O) groups excluding carboxylic acids is 5. The molecule has 11 heteroatoms. The Kier molecular flexibility index (Phi) is 19.1. The number of carbonyl (C=O) groups is 1. The summed E-state index contributed by atoms with van der Waals surface area (Å²) in [6.07, 6.45) is 0.500. The summed E-state index contributed by atoms with van der Waals surface area (Å²) in [6, 6.07) is 41.2. The van der Waals surface area contributed by atoms with Crippen molar-refractivity contribution in [3.8, 4) is 50.7 Å². The molecule has 2 N–H and O–H groups in total. The van der Waals surface area contributed by atoms with Gasteiger partial charge in [0.25, 0.3) is 0 Å². The number of phenolic OH excluding ortho intramolecular Hbond substituents is 1. The van der Waals surface area contributed by atoms with Crippen LogP contribution in [-0.4, -0.2) is 30.2 Å². The lowest BCUT2D eigenvalue weighted by atomic mass is 9.93. The molecule has 0 aromatic heterocycles. The van der Waals surface area contributed by atoms with Gasteiger partial charge in [-0.05, 0) is 78.9 Å². The Morgan fingerprint density at radius 3 is 1.37 bits per heavy atom. The second kappa shape index (κ2) is 24.3. The lowest BCUT2D eigenvalue weighted by molar-refractivity contribution is -0.193. The van der Waals surface area contributed by atoms with Gasteiger partial charge in [0.15, 0.2) is 10.9 Å². The molecule has 4 aliphatic rings. The van der Waals surface area contributed by atoms with E-state index in [9.17, 15) is 19.5 Å². The number of hydrogen-bond donors (Lipinski definition) is 2. The van der Waals surface area contributed by atoms with Crippen LogP contribution in [0.5, 0.6) is 5.75 Å².